The summed E-state index contributed by atoms with van der Waals surface area (Å²) >= 11 is 5.42. The maximum Gasteiger partial charge on any atom is 0.158 e. The number of alkyl halides is 1. The van der Waals surface area contributed by atoms with Crippen molar-refractivity contribution in [3.63, 3.8) is 0 Å². The summed E-state index contributed by atoms with van der Waals surface area (Å²) in [5.74, 6) is 0.813. The molecule has 0 amide bonds. The number of hydrogen-bond acceptors (Lipinski definition) is 2. The number of rotatable bonds is 4. The minimum Gasteiger partial charge on any atom is -0.500 e. The van der Waals surface area contributed by atoms with Crippen LogP contribution in [-0.2, 0) is 9.53 Å². The summed E-state index contributed by atoms with van der Waals surface area (Å²) in [5, 5.41) is 0. The van der Waals surface area contributed by atoms with Crippen LogP contribution in [0.4, 0.5) is 0 Å². The van der Waals surface area contributed by atoms with Gasteiger partial charge in [-0.3, -0.25) is 4.79 Å². The zero-order chi connectivity index (χ0) is 7.98. The number of carbonyl (C=O) groups is 1. The number of allylic oxidation sites excluding steroid dienone is 2. The van der Waals surface area contributed by atoms with Crippen molar-refractivity contribution < 1.29 is 9.53 Å². The Bertz CT molecular complexity index is 135. The highest BCUT2D eigenvalue weighted by molar-refractivity contribution is 6.19. The molecule has 0 aromatic carbocycles. The van der Waals surface area contributed by atoms with Gasteiger partial charge in [-0.25, -0.2) is 0 Å². The average Bonchev–Trinajstić information content (AvgIpc) is 1.99. The maximum absolute atomic E-state index is 10.7. The quantitative estimate of drug-likeness (QED) is 0.358. The molecule has 0 radical (unpaired) electrons. The monoisotopic (exact) mass is 162 g/mol. The van der Waals surface area contributed by atoms with Gasteiger partial charge < -0.3 is 4.74 Å². The molecule has 0 aliphatic heterocycles. The van der Waals surface area contributed by atoms with Crippen molar-refractivity contribution in [1.29, 1.82) is 0 Å². The number of carbonyl (C=O) groups excluding carboxylic acids is 1. The van der Waals surface area contributed by atoms with Crippen molar-refractivity contribution in [2.45, 2.75) is 13.3 Å². The van der Waals surface area contributed by atoms with E-state index in [1.165, 1.54) is 13.2 Å². The third-order valence-electron chi connectivity index (χ3n) is 1.06. The third kappa shape index (κ3) is 3.51. The van der Waals surface area contributed by atoms with E-state index in [0.717, 1.165) is 0 Å². The Morgan fingerprint density at radius 2 is 2.30 bits per heavy atom. The lowest BCUT2D eigenvalue weighted by molar-refractivity contribution is -0.114. The first-order chi connectivity index (χ1) is 4.74. The van der Waals surface area contributed by atoms with E-state index in [9.17, 15) is 4.79 Å². The standard InChI is InChI=1S/C7H11ClO2/c1-3-6(9)4-7(5-8)10-2/h4H,3,5H2,1-2H3/b7-4-. The van der Waals surface area contributed by atoms with Gasteiger partial charge in [0, 0.05) is 12.5 Å². The van der Waals surface area contributed by atoms with Gasteiger partial charge in [-0.2, -0.15) is 0 Å². The largest absolute Gasteiger partial charge is 0.500 e. The summed E-state index contributed by atoms with van der Waals surface area (Å²) < 4.78 is 4.78. The van der Waals surface area contributed by atoms with E-state index in [2.05, 4.69) is 0 Å². The first kappa shape index (κ1) is 9.50. The van der Waals surface area contributed by atoms with Crippen LogP contribution in [0.25, 0.3) is 0 Å². The summed E-state index contributed by atoms with van der Waals surface area (Å²) in [6, 6.07) is 0. The second kappa shape index (κ2) is 5.30. The third-order valence-corrected chi connectivity index (χ3v) is 1.33. The lowest BCUT2D eigenvalue weighted by Crippen LogP contribution is -1.95. The molecular formula is C7H11ClO2. The molecular weight excluding hydrogens is 152 g/mol. The molecule has 0 aromatic heterocycles. The average molecular weight is 163 g/mol. The Balaban J connectivity index is 3.96. The van der Waals surface area contributed by atoms with E-state index >= 15 is 0 Å². The van der Waals surface area contributed by atoms with Crippen molar-refractivity contribution in [3.05, 3.63) is 11.8 Å². The molecule has 0 rings (SSSR count). The van der Waals surface area contributed by atoms with Crippen LogP contribution >= 0.6 is 11.6 Å². The number of halogens is 1. The number of hydrogen-bond donors (Lipinski definition) is 0. The van der Waals surface area contributed by atoms with E-state index < -0.39 is 0 Å². The van der Waals surface area contributed by atoms with E-state index in [0.29, 0.717) is 12.2 Å². The fraction of sp³-hybridized carbons (Fsp3) is 0.571. The molecule has 0 atom stereocenters. The van der Waals surface area contributed by atoms with Gasteiger partial charge in [0.15, 0.2) is 5.78 Å². The lowest BCUT2D eigenvalue weighted by Gasteiger charge is -1.98. The second-order valence-corrected chi connectivity index (χ2v) is 2.04. The van der Waals surface area contributed by atoms with Gasteiger partial charge in [-0.1, -0.05) is 6.92 Å². The molecule has 0 bridgehead atoms. The number of ether oxygens (including phenoxy) is 1. The molecule has 0 spiro atoms. The molecule has 0 fully saturated rings. The highest BCUT2D eigenvalue weighted by atomic mass is 35.5. The fourth-order valence-electron chi connectivity index (χ4n) is 0.434. The van der Waals surface area contributed by atoms with Crippen molar-refractivity contribution in [2.75, 3.05) is 13.0 Å². The van der Waals surface area contributed by atoms with Gasteiger partial charge in [0.05, 0.1) is 13.0 Å². The molecule has 0 unspecified atom stereocenters. The van der Waals surface area contributed by atoms with Crippen LogP contribution in [0, 0.1) is 0 Å². The molecule has 0 aromatic rings. The molecule has 10 heavy (non-hydrogen) atoms. The highest BCUT2D eigenvalue weighted by Gasteiger charge is 1.96. The summed E-state index contributed by atoms with van der Waals surface area (Å²) in [6.07, 6.45) is 1.91. The molecule has 0 N–H and O–H groups in total. The van der Waals surface area contributed by atoms with E-state index in [4.69, 9.17) is 16.3 Å². The first-order valence-electron chi connectivity index (χ1n) is 3.08. The van der Waals surface area contributed by atoms with Gasteiger partial charge in [-0.15, -0.1) is 11.6 Å². The van der Waals surface area contributed by atoms with Gasteiger partial charge in [-0.05, 0) is 0 Å². The normalized spacial score (nSPS) is 11.3. The molecule has 0 saturated heterocycles. The van der Waals surface area contributed by atoms with Gasteiger partial charge in [0.25, 0.3) is 0 Å². The van der Waals surface area contributed by atoms with Gasteiger partial charge >= 0.3 is 0 Å². The van der Waals surface area contributed by atoms with Crippen molar-refractivity contribution in [1.82, 2.24) is 0 Å². The molecule has 58 valence electrons. The zero-order valence-electron chi connectivity index (χ0n) is 6.19. The maximum atomic E-state index is 10.7. The second-order valence-electron chi connectivity index (χ2n) is 1.77. The van der Waals surface area contributed by atoms with Gasteiger partial charge in [0.1, 0.15) is 5.76 Å². The Morgan fingerprint density at radius 1 is 1.70 bits per heavy atom. The molecule has 0 saturated carbocycles. The zero-order valence-corrected chi connectivity index (χ0v) is 6.94. The van der Waals surface area contributed by atoms with Crippen molar-refractivity contribution >= 4 is 17.4 Å². The molecule has 2 nitrogen and oxygen atoms in total. The Hall–Kier alpha value is -0.500. The molecule has 0 aliphatic carbocycles. The minimum absolute atomic E-state index is 0.0394. The van der Waals surface area contributed by atoms with Crippen molar-refractivity contribution in [3.8, 4) is 0 Å². The Kier molecular flexibility index (Phi) is 5.03. The van der Waals surface area contributed by atoms with Crippen LogP contribution in [0.2, 0.25) is 0 Å². The van der Waals surface area contributed by atoms with Gasteiger partial charge in [0.2, 0.25) is 0 Å². The topological polar surface area (TPSA) is 26.3 Å². The number of methoxy groups -OCH3 is 1. The van der Waals surface area contributed by atoms with E-state index in [1.54, 1.807) is 6.92 Å². The van der Waals surface area contributed by atoms with Crippen LogP contribution in [0.3, 0.4) is 0 Å². The lowest BCUT2D eigenvalue weighted by atomic mass is 10.3. The molecule has 0 aliphatic rings. The Labute approximate surface area is 65.8 Å². The summed E-state index contributed by atoms with van der Waals surface area (Å²) in [5.41, 5.74) is 0. The minimum atomic E-state index is 0.0394. The Morgan fingerprint density at radius 3 is 2.60 bits per heavy atom. The summed E-state index contributed by atoms with van der Waals surface area (Å²) in [7, 11) is 1.50. The van der Waals surface area contributed by atoms with Crippen LogP contribution < -0.4 is 0 Å². The number of ketones is 1. The predicted molar refractivity (Wildman–Crippen MR) is 41.1 cm³/mol. The van der Waals surface area contributed by atoms with Crippen LogP contribution in [0.1, 0.15) is 13.3 Å². The van der Waals surface area contributed by atoms with Crippen LogP contribution in [0.15, 0.2) is 11.8 Å². The smallest absolute Gasteiger partial charge is 0.158 e. The first-order valence-corrected chi connectivity index (χ1v) is 3.61. The highest BCUT2D eigenvalue weighted by Crippen LogP contribution is 1.99. The van der Waals surface area contributed by atoms with E-state index in [-0.39, 0.29) is 11.7 Å². The fourth-order valence-corrected chi connectivity index (χ4v) is 0.620. The SMILES string of the molecule is CCC(=O)/C=C(/CCl)OC. The van der Waals surface area contributed by atoms with Crippen molar-refractivity contribution in [2.24, 2.45) is 0 Å². The molecule has 3 heteroatoms. The summed E-state index contributed by atoms with van der Waals surface area (Å²) in [4.78, 5) is 10.7. The summed E-state index contributed by atoms with van der Waals surface area (Å²) in [6.45, 7) is 1.79. The van der Waals surface area contributed by atoms with Crippen LogP contribution in [0.5, 0.6) is 0 Å². The van der Waals surface area contributed by atoms with E-state index in [1.807, 2.05) is 0 Å². The molecule has 0 heterocycles. The van der Waals surface area contributed by atoms with Crippen LogP contribution in [-0.4, -0.2) is 18.8 Å². The predicted octanol–water partition coefficient (Wildman–Crippen LogP) is 1.73.